The van der Waals surface area contributed by atoms with Crippen molar-refractivity contribution in [3.05, 3.63) is 0 Å². The van der Waals surface area contributed by atoms with Crippen LogP contribution in [-0.2, 0) is 0 Å². The van der Waals surface area contributed by atoms with Gasteiger partial charge in [-0.1, -0.05) is 0 Å². The standard InChI is InChI=1S/C69H126N14O4/c1-58(2)34-46(35-59(3,4)76(58)25)82(52-70-54(84-48-38-62(9,10)78(27)63(11,12)39-48)74-55(71-52)85-49-40-64(13,14)79(28)65(15,16)41-49)32-31-33-83(47-36-60(5,6)77(26)61(7,8)37-47)53-72-56(86-50-42-66(17,18)80(29)67(19,20)43-50)75-57(73-53)87-51-44-68(21,22)81(30)69(23,24)45-51/h46-51H,31-45H2,1-30H3. The molecule has 2 aromatic heterocycles. The Hall–Kier alpha value is -3.42. The fourth-order valence-electron chi connectivity index (χ4n) is 17.6. The van der Waals surface area contributed by atoms with Gasteiger partial charge >= 0.3 is 24.0 Å². The van der Waals surface area contributed by atoms with Crippen LogP contribution in [0.2, 0.25) is 0 Å². The number of nitrogens with zero attached hydrogens (tertiary/aromatic N) is 14. The normalized spacial score (nSPS) is 28.0. The van der Waals surface area contributed by atoms with Gasteiger partial charge in [0.15, 0.2) is 0 Å². The fraction of sp³-hybridized carbons (Fsp3) is 0.913. The van der Waals surface area contributed by atoms with E-state index < -0.39 is 0 Å². The minimum atomic E-state index is -0.127. The van der Waals surface area contributed by atoms with E-state index in [0.29, 0.717) is 49.0 Å². The summed E-state index contributed by atoms with van der Waals surface area (Å²) in [5, 5.41) is 0. The number of hydrogen-bond acceptors (Lipinski definition) is 18. The summed E-state index contributed by atoms with van der Waals surface area (Å²) in [5.41, 5.74) is -1.33. The number of ether oxygens (including phenoxy) is 4. The van der Waals surface area contributed by atoms with E-state index in [9.17, 15) is 0 Å². The quantitative estimate of drug-likeness (QED) is 0.157. The minimum absolute atomic E-state index is 0.0783. The molecule has 8 heterocycles. The zero-order valence-electron chi connectivity index (χ0n) is 61.0. The first-order valence-electron chi connectivity index (χ1n) is 33.5. The van der Waals surface area contributed by atoms with Gasteiger partial charge in [0.2, 0.25) is 11.9 Å². The number of anilines is 2. The predicted molar refractivity (Wildman–Crippen MR) is 355 cm³/mol. The van der Waals surface area contributed by atoms with E-state index in [1.54, 1.807) is 0 Å². The molecule has 8 rings (SSSR count). The zero-order valence-corrected chi connectivity index (χ0v) is 61.0. The van der Waals surface area contributed by atoms with Crippen LogP contribution in [0.15, 0.2) is 0 Å². The smallest absolute Gasteiger partial charge is 0.324 e. The van der Waals surface area contributed by atoms with Gasteiger partial charge in [0.05, 0.1) is 0 Å². The molecular formula is C69H126N14O4. The molecule has 0 aromatic carbocycles. The number of likely N-dealkylation sites (tertiary alicyclic amines) is 6. The van der Waals surface area contributed by atoms with Crippen molar-refractivity contribution in [3.63, 3.8) is 0 Å². The van der Waals surface area contributed by atoms with Gasteiger partial charge in [0.1, 0.15) is 24.4 Å². The molecule has 0 spiro atoms. The minimum Gasteiger partial charge on any atom is -0.460 e. The Labute approximate surface area is 529 Å². The van der Waals surface area contributed by atoms with E-state index in [1.807, 2.05) is 0 Å². The van der Waals surface area contributed by atoms with Gasteiger partial charge in [-0.3, -0.25) is 29.4 Å². The van der Waals surface area contributed by atoms with Crippen LogP contribution < -0.4 is 28.7 Å². The van der Waals surface area contributed by atoms with E-state index in [-0.39, 0.29) is 103 Å². The molecule has 0 radical (unpaired) electrons. The van der Waals surface area contributed by atoms with Gasteiger partial charge in [0, 0.05) is 143 Å². The summed E-state index contributed by atoms with van der Waals surface area (Å²) < 4.78 is 28.5. The van der Waals surface area contributed by atoms with Gasteiger partial charge in [-0.25, -0.2) is 0 Å². The SMILES string of the molecule is CN1C(C)(C)CC(Oc2nc(OC3CC(C)(C)N(C)C(C)(C)C3)nc(N(CCCN(c3nc(OC4CC(C)(C)N(C)C(C)(C)C4)nc(OC4CC(C)(C)N(C)C(C)(C)C4)n3)C3CC(C)(C)N(C)C(C)(C)C3)C3CC(C)(C)N(C)C(C)(C)C3)n2)CC1(C)C. The van der Waals surface area contributed by atoms with E-state index in [2.05, 4.69) is 248 Å². The molecule has 6 fully saturated rings. The van der Waals surface area contributed by atoms with Crippen LogP contribution in [0.5, 0.6) is 24.0 Å². The van der Waals surface area contributed by atoms with Crippen molar-refractivity contribution in [3.8, 4) is 24.0 Å². The second-order valence-corrected chi connectivity index (χ2v) is 36.0. The molecular weight excluding hydrogens is 1090 g/mol. The molecule has 0 bridgehead atoms. The third-order valence-corrected chi connectivity index (χ3v) is 24.1. The first kappa shape index (κ1) is 69.5. The summed E-state index contributed by atoms with van der Waals surface area (Å²) in [6, 6.07) is 1.47. The van der Waals surface area contributed by atoms with Crippen LogP contribution in [0.1, 0.15) is 250 Å². The fourth-order valence-corrected chi connectivity index (χ4v) is 17.6. The summed E-state index contributed by atoms with van der Waals surface area (Å²) in [6.45, 7) is 57.4. The molecule has 0 N–H and O–H groups in total. The van der Waals surface area contributed by atoms with Gasteiger partial charge in [0.25, 0.3) is 0 Å². The predicted octanol–water partition coefficient (Wildman–Crippen LogP) is 12.2. The monoisotopic (exact) mass is 1220 g/mol. The largest absolute Gasteiger partial charge is 0.460 e. The van der Waals surface area contributed by atoms with Crippen molar-refractivity contribution in [2.45, 2.75) is 353 Å². The van der Waals surface area contributed by atoms with Gasteiger partial charge < -0.3 is 28.7 Å². The Morgan fingerprint density at radius 1 is 0.276 bits per heavy atom. The van der Waals surface area contributed by atoms with Crippen molar-refractivity contribution in [1.29, 1.82) is 0 Å². The number of aromatic nitrogens is 6. The summed E-state index contributed by atoms with van der Waals surface area (Å²) in [4.78, 5) is 52.1. The average molecular weight is 1220 g/mol. The van der Waals surface area contributed by atoms with Crippen LogP contribution in [-0.4, -0.2) is 218 Å². The number of rotatable bonds is 16. The molecule has 496 valence electrons. The van der Waals surface area contributed by atoms with Crippen molar-refractivity contribution < 1.29 is 18.9 Å². The topological polar surface area (TPSA) is 140 Å². The van der Waals surface area contributed by atoms with Crippen LogP contribution in [0.4, 0.5) is 11.9 Å². The Bertz CT molecular complexity index is 2320. The highest BCUT2D eigenvalue weighted by Gasteiger charge is 2.51. The summed E-state index contributed by atoms with van der Waals surface area (Å²) >= 11 is 0. The first-order chi connectivity index (χ1) is 39.4. The van der Waals surface area contributed by atoms with Crippen molar-refractivity contribution in [1.82, 2.24) is 59.3 Å². The van der Waals surface area contributed by atoms with Crippen molar-refractivity contribution in [2.24, 2.45) is 0 Å². The lowest BCUT2D eigenvalue weighted by Crippen LogP contribution is -2.63. The van der Waals surface area contributed by atoms with E-state index in [1.165, 1.54) is 0 Å². The highest BCUT2D eigenvalue weighted by atomic mass is 16.5. The second-order valence-electron chi connectivity index (χ2n) is 36.0. The highest BCUT2D eigenvalue weighted by molar-refractivity contribution is 5.38. The summed E-state index contributed by atoms with van der Waals surface area (Å²) in [6.07, 6.45) is 10.6. The molecule has 0 unspecified atom stereocenters. The van der Waals surface area contributed by atoms with Crippen LogP contribution in [0, 0.1) is 0 Å². The number of piperidine rings is 6. The van der Waals surface area contributed by atoms with Crippen LogP contribution in [0.3, 0.4) is 0 Å². The second kappa shape index (κ2) is 23.3. The van der Waals surface area contributed by atoms with Gasteiger partial charge in [-0.15, -0.1) is 9.97 Å². The molecule has 6 saturated heterocycles. The van der Waals surface area contributed by atoms with E-state index in [0.717, 1.165) is 83.5 Å². The average Bonchev–Trinajstić information content (AvgIpc) is 0.908. The first-order valence-corrected chi connectivity index (χ1v) is 33.5. The molecule has 0 saturated carbocycles. The van der Waals surface area contributed by atoms with E-state index >= 15 is 0 Å². The van der Waals surface area contributed by atoms with Crippen LogP contribution in [0.25, 0.3) is 0 Å². The van der Waals surface area contributed by atoms with E-state index in [4.69, 9.17) is 48.9 Å². The third kappa shape index (κ3) is 14.8. The third-order valence-electron chi connectivity index (χ3n) is 24.1. The lowest BCUT2D eigenvalue weighted by molar-refractivity contribution is -0.0617. The Morgan fingerprint density at radius 3 is 0.609 bits per heavy atom. The molecule has 18 heteroatoms. The molecule has 6 aliphatic heterocycles. The van der Waals surface area contributed by atoms with Crippen molar-refractivity contribution >= 4 is 11.9 Å². The Kier molecular flexibility index (Phi) is 18.6. The van der Waals surface area contributed by atoms with Gasteiger partial charge in [-0.05, 0) is 241 Å². The molecule has 87 heavy (non-hydrogen) atoms. The Morgan fingerprint density at radius 2 is 0.437 bits per heavy atom. The Balaban J connectivity index is 1.24. The zero-order chi connectivity index (χ0) is 65.2. The number of hydrogen-bond donors (Lipinski definition) is 0. The maximum absolute atomic E-state index is 7.12. The summed E-state index contributed by atoms with van der Waals surface area (Å²) in [7, 11) is 13.5. The van der Waals surface area contributed by atoms with Crippen LogP contribution >= 0.6 is 0 Å². The lowest BCUT2D eigenvalue weighted by atomic mass is 9.76. The maximum atomic E-state index is 7.12. The molecule has 0 atom stereocenters. The lowest BCUT2D eigenvalue weighted by Gasteiger charge is -2.56. The molecule has 6 aliphatic rings. The maximum Gasteiger partial charge on any atom is 0.324 e. The molecule has 2 aromatic rings. The summed E-state index contributed by atoms with van der Waals surface area (Å²) in [5.74, 6) is 1.20. The molecule has 0 aliphatic carbocycles. The molecule has 0 amide bonds. The highest BCUT2D eigenvalue weighted by Crippen LogP contribution is 2.46. The van der Waals surface area contributed by atoms with Crippen molar-refractivity contribution in [2.75, 3.05) is 65.2 Å². The van der Waals surface area contributed by atoms with Gasteiger partial charge in [-0.2, -0.15) is 19.9 Å². The molecule has 18 nitrogen and oxygen atoms in total.